The minimum atomic E-state index is -3.86. The van der Waals surface area contributed by atoms with Gasteiger partial charge >= 0.3 is 0 Å². The van der Waals surface area contributed by atoms with E-state index in [1.165, 1.54) is 23.4 Å². The Labute approximate surface area is 182 Å². The number of likely N-dealkylation sites (tertiary alicyclic amines) is 1. The van der Waals surface area contributed by atoms with Gasteiger partial charge in [-0.05, 0) is 44.9 Å². The number of carbonyl (C=O) groups excluding carboxylic acids is 2. The predicted molar refractivity (Wildman–Crippen MR) is 113 cm³/mol. The van der Waals surface area contributed by atoms with Gasteiger partial charge in [0.1, 0.15) is 4.90 Å². The van der Waals surface area contributed by atoms with Crippen LogP contribution in [0.15, 0.2) is 23.1 Å². The standard InChI is InChI=1S/C20H28ClN3O5S/c1-13-11-24(12-14(2)29-13)30(27,28)19-10-16(4-5-18(19)21)20(26)23-8-6-17(7-9-23)22-15(3)25/h4-5,10,13-14,17H,6-9,11-12H2,1-3H3,(H,22,25). The van der Waals surface area contributed by atoms with E-state index in [0.29, 0.717) is 25.9 Å². The van der Waals surface area contributed by atoms with Gasteiger partial charge in [-0.2, -0.15) is 4.31 Å². The van der Waals surface area contributed by atoms with Crippen molar-refractivity contribution in [3.63, 3.8) is 0 Å². The third-order valence-corrected chi connectivity index (χ3v) is 7.68. The van der Waals surface area contributed by atoms with Gasteiger partial charge in [-0.25, -0.2) is 8.42 Å². The molecule has 10 heteroatoms. The van der Waals surface area contributed by atoms with Crippen LogP contribution in [0.1, 0.15) is 44.0 Å². The highest BCUT2D eigenvalue weighted by Crippen LogP contribution is 2.29. The normalized spacial score (nSPS) is 23.9. The summed E-state index contributed by atoms with van der Waals surface area (Å²) in [5, 5.41) is 2.96. The Bertz CT molecular complexity index is 905. The second-order valence-electron chi connectivity index (χ2n) is 7.99. The maximum absolute atomic E-state index is 13.2. The van der Waals surface area contributed by atoms with Crippen LogP contribution in [-0.2, 0) is 19.6 Å². The lowest BCUT2D eigenvalue weighted by molar-refractivity contribution is -0.119. The Morgan fingerprint density at radius 3 is 2.30 bits per heavy atom. The number of hydrogen-bond acceptors (Lipinski definition) is 5. The van der Waals surface area contributed by atoms with Gasteiger partial charge in [0.15, 0.2) is 0 Å². The Morgan fingerprint density at radius 1 is 1.13 bits per heavy atom. The molecular weight excluding hydrogens is 430 g/mol. The molecule has 2 atom stereocenters. The number of benzene rings is 1. The molecule has 2 aliphatic rings. The molecule has 2 aliphatic heterocycles. The maximum Gasteiger partial charge on any atom is 0.253 e. The van der Waals surface area contributed by atoms with Crippen molar-refractivity contribution < 1.29 is 22.7 Å². The van der Waals surface area contributed by atoms with Crippen LogP contribution in [0, 0.1) is 0 Å². The summed E-state index contributed by atoms with van der Waals surface area (Å²) in [4.78, 5) is 25.8. The molecule has 3 rings (SSSR count). The van der Waals surface area contributed by atoms with Crippen LogP contribution in [0.5, 0.6) is 0 Å². The summed E-state index contributed by atoms with van der Waals surface area (Å²) in [6, 6.07) is 4.43. The van der Waals surface area contributed by atoms with Crippen LogP contribution in [0.25, 0.3) is 0 Å². The molecule has 0 aliphatic carbocycles. The van der Waals surface area contributed by atoms with E-state index in [0.717, 1.165) is 0 Å². The van der Waals surface area contributed by atoms with Crippen molar-refractivity contribution in [2.75, 3.05) is 26.2 Å². The van der Waals surface area contributed by atoms with E-state index in [9.17, 15) is 18.0 Å². The van der Waals surface area contributed by atoms with E-state index in [2.05, 4.69) is 5.32 Å². The summed E-state index contributed by atoms with van der Waals surface area (Å²) in [5.41, 5.74) is 0.283. The molecule has 1 aromatic rings. The lowest BCUT2D eigenvalue weighted by Gasteiger charge is -2.34. The van der Waals surface area contributed by atoms with E-state index < -0.39 is 10.0 Å². The van der Waals surface area contributed by atoms with Crippen molar-refractivity contribution in [2.24, 2.45) is 0 Å². The van der Waals surface area contributed by atoms with Crippen molar-refractivity contribution in [3.05, 3.63) is 28.8 Å². The average Bonchev–Trinajstić information content (AvgIpc) is 2.67. The Hall–Kier alpha value is -1.68. The van der Waals surface area contributed by atoms with Gasteiger partial charge in [-0.3, -0.25) is 9.59 Å². The molecule has 2 heterocycles. The maximum atomic E-state index is 13.2. The number of hydrogen-bond donors (Lipinski definition) is 1. The van der Waals surface area contributed by atoms with Crippen molar-refractivity contribution in [3.8, 4) is 0 Å². The SMILES string of the molecule is CC(=O)NC1CCN(C(=O)c2ccc(Cl)c(S(=O)(=O)N3CC(C)OC(C)C3)c2)CC1. The lowest BCUT2D eigenvalue weighted by atomic mass is 10.0. The molecule has 0 spiro atoms. The van der Waals surface area contributed by atoms with E-state index in [-0.39, 0.29) is 58.6 Å². The summed E-state index contributed by atoms with van der Waals surface area (Å²) < 4.78 is 33.4. The Kier molecular flexibility index (Phi) is 7.06. The summed E-state index contributed by atoms with van der Waals surface area (Å²) >= 11 is 6.23. The monoisotopic (exact) mass is 457 g/mol. The number of morpholine rings is 1. The molecule has 30 heavy (non-hydrogen) atoms. The molecule has 0 saturated carbocycles. The molecule has 1 aromatic carbocycles. The van der Waals surface area contributed by atoms with Crippen LogP contribution in [0.4, 0.5) is 0 Å². The molecule has 2 unspecified atom stereocenters. The zero-order valence-electron chi connectivity index (χ0n) is 17.4. The second-order valence-corrected chi connectivity index (χ2v) is 10.3. The zero-order valence-corrected chi connectivity index (χ0v) is 19.0. The average molecular weight is 458 g/mol. The fourth-order valence-electron chi connectivity index (χ4n) is 4.00. The highest BCUT2D eigenvalue weighted by Gasteiger charge is 2.34. The van der Waals surface area contributed by atoms with Crippen LogP contribution < -0.4 is 5.32 Å². The fourth-order valence-corrected chi connectivity index (χ4v) is 6.09. The molecule has 2 fully saturated rings. The lowest BCUT2D eigenvalue weighted by Crippen LogP contribution is -2.48. The highest BCUT2D eigenvalue weighted by atomic mass is 35.5. The predicted octanol–water partition coefficient (Wildman–Crippen LogP) is 1.88. The van der Waals surface area contributed by atoms with E-state index in [4.69, 9.17) is 16.3 Å². The van der Waals surface area contributed by atoms with Crippen LogP contribution >= 0.6 is 11.6 Å². The summed E-state index contributed by atoms with van der Waals surface area (Å²) in [6.45, 7) is 6.58. The van der Waals surface area contributed by atoms with E-state index in [1.807, 2.05) is 13.8 Å². The molecule has 2 amide bonds. The molecular formula is C20H28ClN3O5S. The number of sulfonamides is 1. The number of rotatable bonds is 4. The molecule has 0 bridgehead atoms. The zero-order chi connectivity index (χ0) is 22.1. The van der Waals surface area contributed by atoms with Crippen LogP contribution in [0.2, 0.25) is 5.02 Å². The summed E-state index contributed by atoms with van der Waals surface area (Å²) in [5.74, 6) is -0.327. The number of halogens is 1. The van der Waals surface area contributed by atoms with Gasteiger partial charge in [-0.15, -0.1) is 0 Å². The highest BCUT2D eigenvalue weighted by molar-refractivity contribution is 7.89. The van der Waals surface area contributed by atoms with Crippen LogP contribution in [0.3, 0.4) is 0 Å². The molecule has 166 valence electrons. The van der Waals surface area contributed by atoms with Crippen molar-refractivity contribution in [1.82, 2.24) is 14.5 Å². The molecule has 1 N–H and O–H groups in total. The number of amides is 2. The van der Waals surface area contributed by atoms with Gasteiger partial charge in [0, 0.05) is 44.7 Å². The summed E-state index contributed by atoms with van der Waals surface area (Å²) in [7, 11) is -3.86. The Balaban J connectivity index is 1.78. The first-order chi connectivity index (χ1) is 14.1. The topological polar surface area (TPSA) is 96.0 Å². The van der Waals surface area contributed by atoms with Crippen molar-refractivity contribution in [1.29, 1.82) is 0 Å². The Morgan fingerprint density at radius 2 is 1.73 bits per heavy atom. The minimum Gasteiger partial charge on any atom is -0.373 e. The van der Waals surface area contributed by atoms with Crippen LogP contribution in [-0.4, -0.2) is 73.9 Å². The quantitative estimate of drug-likeness (QED) is 0.744. The van der Waals surface area contributed by atoms with Gasteiger partial charge < -0.3 is 15.0 Å². The van der Waals surface area contributed by atoms with Gasteiger partial charge in [0.25, 0.3) is 5.91 Å². The number of nitrogens with zero attached hydrogens (tertiary/aromatic N) is 2. The molecule has 2 saturated heterocycles. The fraction of sp³-hybridized carbons (Fsp3) is 0.600. The van der Waals surface area contributed by atoms with Gasteiger partial charge in [-0.1, -0.05) is 11.6 Å². The number of piperidine rings is 1. The van der Waals surface area contributed by atoms with E-state index >= 15 is 0 Å². The molecule has 8 nitrogen and oxygen atoms in total. The third kappa shape index (κ3) is 5.14. The van der Waals surface area contributed by atoms with Crippen molar-refractivity contribution >= 4 is 33.4 Å². The first-order valence-corrected chi connectivity index (χ1v) is 11.9. The largest absolute Gasteiger partial charge is 0.373 e. The van der Waals surface area contributed by atoms with Crippen molar-refractivity contribution in [2.45, 2.75) is 56.8 Å². The summed E-state index contributed by atoms with van der Waals surface area (Å²) in [6.07, 6.45) is 0.871. The first kappa shape index (κ1) is 23.0. The van der Waals surface area contributed by atoms with E-state index in [1.54, 1.807) is 11.0 Å². The first-order valence-electron chi connectivity index (χ1n) is 10.1. The van der Waals surface area contributed by atoms with Gasteiger partial charge in [0.05, 0.1) is 17.2 Å². The van der Waals surface area contributed by atoms with Gasteiger partial charge in [0.2, 0.25) is 15.9 Å². The number of nitrogens with one attached hydrogen (secondary N) is 1. The number of ether oxygens (including phenoxy) is 1. The number of carbonyl (C=O) groups is 2. The smallest absolute Gasteiger partial charge is 0.253 e. The molecule has 0 aromatic heterocycles. The molecule has 0 radical (unpaired) electrons. The minimum absolute atomic E-state index is 0.0537. The second kappa shape index (κ2) is 9.21. The third-order valence-electron chi connectivity index (χ3n) is 5.37.